The fourth-order valence-electron chi connectivity index (χ4n) is 2.55. The van der Waals surface area contributed by atoms with Crippen LogP contribution >= 0.6 is 16.3 Å². The Morgan fingerprint density at radius 3 is 1.66 bits per heavy atom. The van der Waals surface area contributed by atoms with Gasteiger partial charge in [0.05, 0.1) is 0 Å². The van der Waals surface area contributed by atoms with Crippen molar-refractivity contribution in [1.82, 2.24) is 0 Å². The smallest absolute Gasteiger partial charge is 0.375 e. The Bertz CT molecular complexity index is 746. The second-order valence-electron chi connectivity index (χ2n) is 9.69. The molecule has 0 spiro atoms. The molecule has 11 heteroatoms. The third-order valence-electron chi connectivity index (χ3n) is 3.27. The summed E-state index contributed by atoms with van der Waals surface area (Å²) >= 11 is 0. The first kappa shape index (κ1) is 26.8. The van der Waals surface area contributed by atoms with Crippen molar-refractivity contribution >= 4 is 47.3 Å². The minimum absolute atomic E-state index is 0.439. The summed E-state index contributed by atoms with van der Waals surface area (Å²) in [7, 11) is -11.9. The zero-order valence-corrected chi connectivity index (χ0v) is 23.7. The van der Waals surface area contributed by atoms with Gasteiger partial charge < -0.3 is 12.9 Å². The van der Waals surface area contributed by atoms with E-state index in [1.54, 1.807) is 18.2 Å². The van der Waals surface area contributed by atoms with Gasteiger partial charge in [-0.25, -0.2) is 9.09 Å². The molecule has 1 aromatic carbocycles. The summed E-state index contributed by atoms with van der Waals surface area (Å²) in [5, 5.41) is 0. The summed E-state index contributed by atoms with van der Waals surface area (Å²) in [6.07, 6.45) is 1.70. The molecule has 0 saturated carbocycles. The van der Waals surface area contributed by atoms with Crippen molar-refractivity contribution in [2.75, 3.05) is 0 Å². The SMILES string of the molecule is C=Cc1ccc(C(OP=O)(O[Si](C)(C)C)P(=O)(O[Si](C)(C)C)O[Si](C)(C)C)cc1. The molecular weight excluding hydrogens is 458 g/mol. The van der Waals surface area contributed by atoms with Gasteiger partial charge >= 0.3 is 16.3 Å². The van der Waals surface area contributed by atoms with Crippen molar-refractivity contribution in [1.29, 1.82) is 0 Å². The molecule has 6 nitrogen and oxygen atoms in total. The lowest BCUT2D eigenvalue weighted by Crippen LogP contribution is -2.45. The zero-order chi connectivity index (χ0) is 22.7. The highest BCUT2D eigenvalue weighted by Crippen LogP contribution is 2.70. The van der Waals surface area contributed by atoms with Crippen LogP contribution in [0, 0.1) is 0 Å². The highest BCUT2D eigenvalue weighted by molar-refractivity contribution is 7.58. The van der Waals surface area contributed by atoms with Gasteiger partial charge in [-0.05, 0) is 64.5 Å². The lowest BCUT2D eigenvalue weighted by molar-refractivity contribution is -0.0607. The summed E-state index contributed by atoms with van der Waals surface area (Å²) in [4.78, 5) is 0. The van der Waals surface area contributed by atoms with E-state index in [9.17, 15) is 9.13 Å². The van der Waals surface area contributed by atoms with Crippen LogP contribution in [0.1, 0.15) is 11.1 Å². The van der Waals surface area contributed by atoms with E-state index in [0.29, 0.717) is 5.56 Å². The Hall–Kier alpha value is -0.219. The number of benzene rings is 1. The van der Waals surface area contributed by atoms with Crippen molar-refractivity contribution in [3.05, 3.63) is 42.0 Å². The van der Waals surface area contributed by atoms with Crippen LogP contribution in [0.15, 0.2) is 30.8 Å². The molecule has 0 saturated heterocycles. The van der Waals surface area contributed by atoms with Crippen LogP contribution in [0.5, 0.6) is 0 Å². The number of rotatable bonds is 11. The van der Waals surface area contributed by atoms with E-state index < -0.39 is 46.8 Å². The fourth-order valence-corrected chi connectivity index (χ4v) is 13.3. The molecule has 0 aliphatic carbocycles. The van der Waals surface area contributed by atoms with Crippen LogP contribution in [0.3, 0.4) is 0 Å². The molecule has 0 fully saturated rings. The van der Waals surface area contributed by atoms with Crippen LogP contribution in [-0.2, 0) is 32.0 Å². The maximum atomic E-state index is 14.5. The first-order valence-electron chi connectivity index (χ1n) is 9.43. The molecule has 0 aromatic heterocycles. The molecule has 0 heterocycles. The lowest BCUT2D eigenvalue weighted by atomic mass is 10.1. The van der Waals surface area contributed by atoms with Gasteiger partial charge in [-0.2, -0.15) is 0 Å². The van der Waals surface area contributed by atoms with Crippen LogP contribution in [-0.4, -0.2) is 25.0 Å². The molecule has 1 atom stereocenters. The minimum atomic E-state index is -4.08. The van der Waals surface area contributed by atoms with Crippen LogP contribution in [0.25, 0.3) is 6.08 Å². The zero-order valence-electron chi connectivity index (χ0n) is 18.9. The number of hydrogen-bond acceptors (Lipinski definition) is 6. The maximum absolute atomic E-state index is 14.5. The molecule has 1 unspecified atom stereocenters. The van der Waals surface area contributed by atoms with Gasteiger partial charge in [0.15, 0.2) is 25.0 Å². The molecule has 0 N–H and O–H groups in total. The van der Waals surface area contributed by atoms with Gasteiger partial charge in [-0.3, -0.25) is 4.57 Å². The summed E-state index contributed by atoms with van der Waals surface area (Å²) in [6, 6.07) is 7.08. The summed E-state index contributed by atoms with van der Waals surface area (Å²) < 4.78 is 50.7. The second kappa shape index (κ2) is 9.51. The van der Waals surface area contributed by atoms with Crippen LogP contribution < -0.4 is 0 Å². The Morgan fingerprint density at radius 1 is 0.897 bits per heavy atom. The van der Waals surface area contributed by atoms with Crippen molar-refractivity contribution in [3.63, 3.8) is 0 Å². The first-order chi connectivity index (χ1) is 13.0. The van der Waals surface area contributed by atoms with Gasteiger partial charge in [0.1, 0.15) is 0 Å². The molecule has 0 amide bonds. The summed E-state index contributed by atoms with van der Waals surface area (Å²) in [5.41, 5.74) is -0.614. The normalized spacial score (nSPS) is 15.9. The van der Waals surface area contributed by atoms with Crippen LogP contribution in [0.4, 0.5) is 0 Å². The first-order valence-corrected chi connectivity index (χ1v) is 21.9. The van der Waals surface area contributed by atoms with Crippen molar-refractivity contribution in [2.45, 2.75) is 64.5 Å². The minimum Gasteiger partial charge on any atom is -0.378 e. The van der Waals surface area contributed by atoms with E-state index in [2.05, 4.69) is 6.58 Å². The van der Waals surface area contributed by atoms with E-state index in [0.717, 1.165) is 5.56 Å². The maximum Gasteiger partial charge on any atom is 0.375 e. The second-order valence-corrected chi connectivity index (χ2v) is 25.9. The van der Waals surface area contributed by atoms with Gasteiger partial charge in [0.25, 0.3) is 5.53 Å². The monoisotopic (exact) mass is 492 g/mol. The van der Waals surface area contributed by atoms with E-state index in [1.165, 1.54) is 0 Å². The van der Waals surface area contributed by atoms with Gasteiger partial charge in [-0.15, -0.1) is 0 Å². The van der Waals surface area contributed by atoms with E-state index in [-0.39, 0.29) is 0 Å². The average Bonchev–Trinajstić information content (AvgIpc) is 2.49. The Kier molecular flexibility index (Phi) is 8.79. The van der Waals surface area contributed by atoms with Crippen molar-refractivity contribution in [2.24, 2.45) is 0 Å². The Labute approximate surface area is 180 Å². The summed E-state index contributed by atoms with van der Waals surface area (Å²) in [5.74, 6) is 0. The lowest BCUT2D eigenvalue weighted by Gasteiger charge is -2.44. The Morgan fingerprint density at radius 2 is 1.34 bits per heavy atom. The van der Waals surface area contributed by atoms with Crippen molar-refractivity contribution < 1.29 is 26.5 Å². The third-order valence-corrected chi connectivity index (χ3v) is 12.3. The molecule has 0 aliphatic heterocycles. The van der Waals surface area contributed by atoms with Crippen LogP contribution in [0.2, 0.25) is 58.9 Å². The largest absolute Gasteiger partial charge is 0.378 e. The predicted molar refractivity (Wildman–Crippen MR) is 128 cm³/mol. The fraction of sp³-hybridized carbons (Fsp3) is 0.556. The van der Waals surface area contributed by atoms with Gasteiger partial charge in [0, 0.05) is 5.56 Å². The molecule has 29 heavy (non-hydrogen) atoms. The highest BCUT2D eigenvalue weighted by atomic mass is 31.2. The molecule has 1 aromatic rings. The topological polar surface area (TPSA) is 71.1 Å². The van der Waals surface area contributed by atoms with E-state index >= 15 is 0 Å². The molecular formula is C18H34O6P2Si3. The van der Waals surface area contributed by atoms with E-state index in [4.69, 9.17) is 17.4 Å². The predicted octanol–water partition coefficient (Wildman–Crippen LogP) is 7.41. The number of hydrogen-bond donors (Lipinski definition) is 0. The van der Waals surface area contributed by atoms with Gasteiger partial charge in [-0.1, -0.05) is 36.9 Å². The molecule has 0 aliphatic rings. The standard InChI is InChI=1S/C18H34O6P2Si3/c1-11-16-12-14-17(15-13-16)18(21-25-19,22-27(2,3)4)26(20,23-28(5,6)7)24-29(8,9)10/h11-15H,1H2,2-10H3. The summed E-state index contributed by atoms with van der Waals surface area (Å²) in [6.45, 7) is 21.1. The third kappa shape index (κ3) is 7.76. The molecule has 1 rings (SSSR count). The van der Waals surface area contributed by atoms with Crippen molar-refractivity contribution in [3.8, 4) is 0 Å². The quantitative estimate of drug-likeness (QED) is 0.182. The average molecular weight is 493 g/mol. The van der Waals surface area contributed by atoms with Gasteiger partial charge in [0.2, 0.25) is 0 Å². The Balaban J connectivity index is 3.88. The molecule has 0 bridgehead atoms. The molecule has 164 valence electrons. The molecule has 0 radical (unpaired) electrons. The highest BCUT2D eigenvalue weighted by Gasteiger charge is 2.60. The van der Waals surface area contributed by atoms with E-state index in [1.807, 2.05) is 71.1 Å².